The third-order valence-corrected chi connectivity index (χ3v) is 9.33. The minimum atomic E-state index is -2.98. The van der Waals surface area contributed by atoms with Gasteiger partial charge in [0.25, 0.3) is 0 Å². The van der Waals surface area contributed by atoms with Gasteiger partial charge >= 0.3 is 12.1 Å². The number of benzene rings is 1. The van der Waals surface area contributed by atoms with Crippen molar-refractivity contribution >= 4 is 34.9 Å². The molecule has 4 bridgehead atoms. The number of fused-ring (bicyclic) bond motifs is 7. The highest BCUT2D eigenvalue weighted by Crippen LogP contribution is 2.48. The van der Waals surface area contributed by atoms with Gasteiger partial charge in [0.15, 0.2) is 5.69 Å². The Bertz CT molecular complexity index is 1830. The molecule has 0 unspecified atom stereocenters. The summed E-state index contributed by atoms with van der Waals surface area (Å²) in [7, 11) is 0. The number of hydrogen-bond donors (Lipinski definition) is 3. The molecule has 18 heteroatoms. The fraction of sp³-hybridized carbons (Fsp3) is 0.594. The molecule has 1 aliphatic carbocycles. The Morgan fingerprint density at radius 1 is 1.14 bits per heavy atom. The van der Waals surface area contributed by atoms with Crippen molar-refractivity contribution in [3.63, 3.8) is 0 Å². The number of aliphatic carboxylic acids is 1. The first-order valence-electron chi connectivity index (χ1n) is 16.3. The molecule has 3 amide bonds. The zero-order chi connectivity index (χ0) is 36.2. The normalized spacial score (nSPS) is 27.0. The lowest BCUT2D eigenvalue weighted by Gasteiger charge is -2.35. The average Bonchev–Trinajstić information content (AvgIpc) is 3.36. The lowest BCUT2D eigenvalue weighted by molar-refractivity contribution is -0.147. The van der Waals surface area contributed by atoms with Gasteiger partial charge in [-0.15, -0.1) is 10.2 Å². The van der Waals surface area contributed by atoms with E-state index >= 15 is 0 Å². The summed E-state index contributed by atoms with van der Waals surface area (Å²) in [4.78, 5) is 65.3. The summed E-state index contributed by atoms with van der Waals surface area (Å²) in [5.74, 6) is -4.72. The fourth-order valence-corrected chi connectivity index (χ4v) is 6.23. The number of aryl methyl sites for hydroxylation is 1. The summed E-state index contributed by atoms with van der Waals surface area (Å²) in [5.41, 5.74) is -2.46. The van der Waals surface area contributed by atoms with Crippen LogP contribution in [0.2, 0.25) is 0 Å². The predicted octanol–water partition coefficient (Wildman–Crippen LogP) is 2.43. The van der Waals surface area contributed by atoms with Crippen LogP contribution in [0.4, 0.5) is 13.6 Å². The number of nitrogens with zero attached hydrogens (tertiary/aromatic N) is 7. The van der Waals surface area contributed by atoms with Crippen LogP contribution in [-0.2, 0) is 25.7 Å². The van der Waals surface area contributed by atoms with Crippen LogP contribution in [0.15, 0.2) is 24.3 Å². The van der Waals surface area contributed by atoms with Crippen LogP contribution in [-0.4, -0.2) is 107 Å². The lowest BCUT2D eigenvalue weighted by Crippen LogP contribution is -2.59. The maximum Gasteiger partial charge on any atom is 0.407 e. The van der Waals surface area contributed by atoms with Crippen molar-refractivity contribution in [1.29, 1.82) is 0 Å². The van der Waals surface area contributed by atoms with Crippen molar-refractivity contribution in [2.24, 2.45) is 16.7 Å². The number of carbonyl (C=O) groups is 4. The van der Waals surface area contributed by atoms with Gasteiger partial charge in [-0.05, 0) is 35.6 Å². The van der Waals surface area contributed by atoms with E-state index in [1.165, 1.54) is 9.70 Å². The van der Waals surface area contributed by atoms with E-state index in [0.29, 0.717) is 24.0 Å². The second-order valence-electron chi connectivity index (χ2n) is 14.9. The van der Waals surface area contributed by atoms with Gasteiger partial charge in [-0.1, -0.05) is 46.8 Å². The first-order chi connectivity index (χ1) is 23.5. The quantitative estimate of drug-likeness (QED) is 0.359. The van der Waals surface area contributed by atoms with E-state index in [-0.39, 0.29) is 37.0 Å². The molecule has 2 aromatic heterocycles. The molecule has 50 heavy (non-hydrogen) atoms. The number of aromatic nitrogens is 6. The number of halogens is 2. The highest BCUT2D eigenvalue weighted by atomic mass is 19.3. The van der Waals surface area contributed by atoms with Gasteiger partial charge in [-0.25, -0.2) is 28.3 Å². The topological polar surface area (TPSA) is 204 Å². The third kappa shape index (κ3) is 6.87. The van der Waals surface area contributed by atoms with Crippen LogP contribution in [0.5, 0.6) is 5.88 Å². The maximum atomic E-state index is 14.3. The van der Waals surface area contributed by atoms with Crippen molar-refractivity contribution in [2.45, 2.75) is 90.6 Å². The average molecular weight is 700 g/mol. The molecule has 1 saturated heterocycles. The third-order valence-electron chi connectivity index (χ3n) is 9.33. The van der Waals surface area contributed by atoms with Crippen molar-refractivity contribution in [2.75, 3.05) is 13.2 Å². The van der Waals surface area contributed by atoms with E-state index < -0.39 is 77.2 Å². The molecule has 2 fully saturated rings. The smallest absolute Gasteiger partial charge is 0.407 e. The molecule has 1 aromatic carbocycles. The number of carbonyl (C=O) groups excluding carboxylic acids is 3. The fourth-order valence-electron chi connectivity index (χ4n) is 6.23. The summed E-state index contributed by atoms with van der Waals surface area (Å²) in [6.07, 6.45) is -4.92. The van der Waals surface area contributed by atoms with E-state index in [4.69, 9.17) is 14.5 Å². The number of amides is 3. The molecule has 1 saturated carbocycles. The second-order valence-corrected chi connectivity index (χ2v) is 14.9. The van der Waals surface area contributed by atoms with Crippen LogP contribution in [0.3, 0.4) is 0 Å². The van der Waals surface area contributed by atoms with Gasteiger partial charge in [-0.3, -0.25) is 9.59 Å². The Morgan fingerprint density at radius 3 is 2.48 bits per heavy atom. The molecule has 268 valence electrons. The van der Waals surface area contributed by atoms with Gasteiger partial charge in [0.05, 0.1) is 36.6 Å². The zero-order valence-electron chi connectivity index (χ0n) is 28.2. The molecule has 3 aliphatic rings. The molecule has 16 nitrogen and oxygen atoms in total. The highest BCUT2D eigenvalue weighted by Gasteiger charge is 2.66. The van der Waals surface area contributed by atoms with E-state index in [1.807, 2.05) is 13.8 Å². The molecule has 0 spiro atoms. The largest absolute Gasteiger partial charge is 0.479 e. The van der Waals surface area contributed by atoms with E-state index in [1.54, 1.807) is 45.0 Å². The van der Waals surface area contributed by atoms with E-state index in [0.717, 1.165) is 0 Å². The number of ether oxygens (including phenoxy) is 2. The maximum absolute atomic E-state index is 14.3. The van der Waals surface area contributed by atoms with Gasteiger partial charge in [0.2, 0.25) is 29.9 Å². The van der Waals surface area contributed by atoms with Gasteiger partial charge in [0, 0.05) is 11.8 Å². The Hall–Kier alpha value is -5.03. The minimum Gasteiger partial charge on any atom is -0.479 e. The summed E-state index contributed by atoms with van der Waals surface area (Å²) < 4.78 is 39.1. The van der Waals surface area contributed by atoms with Crippen LogP contribution < -0.4 is 15.4 Å². The number of nitrogens with one attached hydrogen (secondary N) is 2. The molecule has 2 aliphatic heterocycles. The zero-order valence-corrected chi connectivity index (χ0v) is 28.2. The first kappa shape index (κ1) is 34.8. The Balaban J connectivity index is 1.41. The van der Waals surface area contributed by atoms with Crippen LogP contribution in [0.1, 0.15) is 53.9 Å². The van der Waals surface area contributed by atoms with Crippen molar-refractivity contribution in [3.8, 4) is 17.4 Å². The predicted molar refractivity (Wildman–Crippen MR) is 170 cm³/mol. The number of carboxylic acid groups (broad SMARTS) is 1. The van der Waals surface area contributed by atoms with Crippen molar-refractivity contribution in [3.05, 3.63) is 24.3 Å². The molecule has 0 radical (unpaired) electrons. The van der Waals surface area contributed by atoms with Gasteiger partial charge in [0.1, 0.15) is 23.7 Å². The number of para-hydroxylation sites is 2. The van der Waals surface area contributed by atoms with Crippen LogP contribution >= 0.6 is 0 Å². The van der Waals surface area contributed by atoms with E-state index in [2.05, 4.69) is 31.0 Å². The minimum absolute atomic E-state index is 0.000749. The Kier molecular flexibility index (Phi) is 8.84. The number of rotatable bonds is 4. The molecular formula is C32H39F2N9O7. The molecule has 6 rings (SSSR count). The Labute approximate surface area is 285 Å². The highest BCUT2D eigenvalue weighted by molar-refractivity contribution is 5.96. The monoisotopic (exact) mass is 699 g/mol. The number of carboxylic acids is 1. The lowest BCUT2D eigenvalue weighted by atomic mass is 9.85. The van der Waals surface area contributed by atoms with E-state index in [9.17, 15) is 33.1 Å². The molecule has 3 aromatic rings. The van der Waals surface area contributed by atoms with Gasteiger partial charge < -0.3 is 30.1 Å². The SMILES string of the molecule is CC1(C)CCn2nnc(n2)-c2nc3ccccc3nc2O[C@@H]2C[C@@H](C(=O)N[C@@]3(C(=O)O)C[C@H]3C(F)F)N(C2)C(=O)[C@H](C(C)(C)C)NC(=O)OC1. The Morgan fingerprint density at radius 2 is 1.84 bits per heavy atom. The summed E-state index contributed by atoms with van der Waals surface area (Å²) in [5, 5.41) is 27.6. The molecule has 4 heterocycles. The van der Waals surface area contributed by atoms with Crippen molar-refractivity contribution in [1.82, 2.24) is 45.7 Å². The van der Waals surface area contributed by atoms with Crippen LogP contribution in [0.25, 0.3) is 22.6 Å². The number of alkyl halides is 2. The molecule has 5 atom stereocenters. The number of tetrazole rings is 1. The first-order valence-corrected chi connectivity index (χ1v) is 16.3. The summed E-state index contributed by atoms with van der Waals surface area (Å²) in [6.45, 7) is 9.03. The molecule has 3 N–H and O–H groups in total. The summed E-state index contributed by atoms with van der Waals surface area (Å²) >= 11 is 0. The summed E-state index contributed by atoms with van der Waals surface area (Å²) in [6, 6.07) is 4.47. The number of alkyl carbamates (subject to hydrolysis) is 1. The van der Waals surface area contributed by atoms with Gasteiger partial charge in [-0.2, -0.15) is 4.80 Å². The number of cyclic esters (lactones) is 1. The number of hydrogen-bond acceptors (Lipinski definition) is 11. The standard InChI is InChI=1S/C32H39F2N9O7/c1-30(2,3)22-27(45)42-14-16(12-20(42)25(44)38-32(28(46)47)13-17(32)23(33)34)50-26-21(35-18-8-6-7-9-19(18)36-26)24-39-41-43(40-24)11-10-31(4,5)15-49-29(48)37-22/h6-9,16-17,20,22-23H,10-15H2,1-5H3,(H,37,48)(H,38,44)(H,46,47)/t16-,17+,20+,22-,32+/m1/s1. The van der Waals surface area contributed by atoms with Crippen LogP contribution in [0, 0.1) is 16.7 Å². The second kappa shape index (κ2) is 12.7. The van der Waals surface area contributed by atoms with Crippen molar-refractivity contribution < 1.29 is 42.5 Å². The molecular weight excluding hydrogens is 660 g/mol.